The highest BCUT2D eigenvalue weighted by Crippen LogP contribution is 2.61. The molecule has 1 saturated carbocycles. The zero-order valence-electron chi connectivity index (χ0n) is 15.1. The Labute approximate surface area is 157 Å². The number of hydrogen-bond acceptors (Lipinski definition) is 5. The molecule has 1 aromatic carbocycles. The van der Waals surface area contributed by atoms with Crippen LogP contribution in [0.2, 0.25) is 0 Å². The van der Waals surface area contributed by atoms with Gasteiger partial charge in [0, 0.05) is 12.1 Å². The molecule has 1 aromatic heterocycles. The van der Waals surface area contributed by atoms with Crippen LogP contribution in [0.1, 0.15) is 36.9 Å². The number of nitrogens with zero attached hydrogens (tertiary/aromatic N) is 1. The van der Waals surface area contributed by atoms with E-state index in [1.807, 2.05) is 43.3 Å². The van der Waals surface area contributed by atoms with E-state index in [4.69, 9.17) is 9.84 Å². The molecule has 1 aliphatic carbocycles. The van der Waals surface area contributed by atoms with E-state index in [2.05, 4.69) is 10.3 Å². The highest BCUT2D eigenvalue weighted by Gasteiger charge is 2.51. The zero-order chi connectivity index (χ0) is 19.3. The van der Waals surface area contributed by atoms with Crippen molar-refractivity contribution in [2.45, 2.75) is 32.1 Å². The Balaban J connectivity index is 1.50. The maximum absolute atomic E-state index is 10.9. The molecule has 0 aliphatic heterocycles. The number of pyridine rings is 1. The Hall–Kier alpha value is -3.11. The molecule has 27 heavy (non-hydrogen) atoms. The number of aliphatic carboxylic acids is 1. The Kier molecular flexibility index (Phi) is 5.57. The third-order valence-corrected chi connectivity index (χ3v) is 4.90. The molecule has 1 heterocycles. The predicted molar refractivity (Wildman–Crippen MR) is 101 cm³/mol. The third-order valence-electron chi connectivity index (χ3n) is 4.90. The maximum Gasteiger partial charge on any atom is 0.303 e. The van der Waals surface area contributed by atoms with Gasteiger partial charge in [-0.2, -0.15) is 0 Å². The van der Waals surface area contributed by atoms with Gasteiger partial charge < -0.3 is 15.2 Å². The first-order chi connectivity index (χ1) is 13.0. The number of aromatic nitrogens is 1. The number of rotatable bonds is 9. The molecule has 0 saturated heterocycles. The summed E-state index contributed by atoms with van der Waals surface area (Å²) in [5.74, 6) is 2.59. The number of nitrogens with one attached hydrogen (secondary N) is 1. The molecule has 2 aromatic rings. The van der Waals surface area contributed by atoms with Gasteiger partial charge in [-0.05, 0) is 47.6 Å². The van der Waals surface area contributed by atoms with Crippen molar-refractivity contribution in [2.24, 2.45) is 5.41 Å². The number of hydrogen-bond donors (Lipinski definition) is 2. The van der Waals surface area contributed by atoms with Crippen molar-refractivity contribution in [3.63, 3.8) is 0 Å². The van der Waals surface area contributed by atoms with Crippen molar-refractivity contribution in [3.05, 3.63) is 59.9 Å². The average molecular weight is 366 g/mol. The molecule has 6 heteroatoms. The zero-order valence-corrected chi connectivity index (χ0v) is 15.1. The Morgan fingerprint density at radius 3 is 2.85 bits per heavy atom. The number of anilines is 1. The first-order valence-electron chi connectivity index (χ1n) is 8.86. The molecule has 2 unspecified atom stereocenters. The van der Waals surface area contributed by atoms with Crippen LogP contribution in [0.5, 0.6) is 5.75 Å². The van der Waals surface area contributed by atoms with Gasteiger partial charge in [-0.25, -0.2) is 9.78 Å². The summed E-state index contributed by atoms with van der Waals surface area (Å²) in [7, 11) is 0. The van der Waals surface area contributed by atoms with Gasteiger partial charge in [-0.3, -0.25) is 4.79 Å². The minimum absolute atomic E-state index is 0.127. The van der Waals surface area contributed by atoms with Crippen LogP contribution >= 0.6 is 0 Å². The SMILES string of the molecule is CC1(CC(=O)O)CC1c1ccc(OCCc2cccc(NC=C=O)n2)cc1. The summed E-state index contributed by atoms with van der Waals surface area (Å²) in [4.78, 5) is 25.6. The van der Waals surface area contributed by atoms with Crippen molar-refractivity contribution in [3.8, 4) is 5.75 Å². The summed E-state index contributed by atoms with van der Waals surface area (Å²) >= 11 is 0. The van der Waals surface area contributed by atoms with Crippen molar-refractivity contribution in [1.29, 1.82) is 0 Å². The first kappa shape index (κ1) is 18.7. The molecule has 1 fully saturated rings. The minimum atomic E-state index is -0.741. The Bertz CT molecular complexity index is 859. The predicted octanol–water partition coefficient (Wildman–Crippen LogP) is 3.43. The Morgan fingerprint density at radius 2 is 2.15 bits per heavy atom. The van der Waals surface area contributed by atoms with Crippen LogP contribution in [0.3, 0.4) is 0 Å². The lowest BCUT2D eigenvalue weighted by Gasteiger charge is -2.10. The number of carboxylic acid groups (broad SMARTS) is 1. The van der Waals surface area contributed by atoms with Crippen LogP contribution in [0.25, 0.3) is 0 Å². The molecule has 1 aliphatic rings. The van der Waals surface area contributed by atoms with Crippen molar-refractivity contribution in [2.75, 3.05) is 11.9 Å². The summed E-state index contributed by atoms with van der Waals surface area (Å²) in [5, 5.41) is 11.7. The Morgan fingerprint density at radius 1 is 1.37 bits per heavy atom. The normalized spacial score (nSPS) is 20.4. The molecule has 0 bridgehead atoms. The molecule has 0 radical (unpaired) electrons. The van der Waals surface area contributed by atoms with E-state index < -0.39 is 5.97 Å². The van der Waals surface area contributed by atoms with Gasteiger partial charge in [0.2, 0.25) is 0 Å². The van der Waals surface area contributed by atoms with Gasteiger partial charge in [-0.15, -0.1) is 0 Å². The molecule has 140 valence electrons. The monoisotopic (exact) mass is 366 g/mol. The van der Waals surface area contributed by atoms with Gasteiger partial charge >= 0.3 is 5.97 Å². The fourth-order valence-corrected chi connectivity index (χ4v) is 3.34. The summed E-state index contributed by atoms with van der Waals surface area (Å²) < 4.78 is 5.78. The smallest absolute Gasteiger partial charge is 0.303 e. The van der Waals surface area contributed by atoms with Crippen molar-refractivity contribution in [1.82, 2.24) is 4.98 Å². The second-order valence-electron chi connectivity index (χ2n) is 7.07. The van der Waals surface area contributed by atoms with E-state index >= 15 is 0 Å². The molecule has 2 atom stereocenters. The van der Waals surface area contributed by atoms with Crippen LogP contribution < -0.4 is 10.1 Å². The van der Waals surface area contributed by atoms with E-state index in [0.717, 1.165) is 23.4 Å². The third kappa shape index (κ3) is 4.96. The van der Waals surface area contributed by atoms with Gasteiger partial charge in [0.25, 0.3) is 0 Å². The molecular weight excluding hydrogens is 344 g/mol. The van der Waals surface area contributed by atoms with E-state index in [-0.39, 0.29) is 11.8 Å². The second-order valence-corrected chi connectivity index (χ2v) is 7.07. The number of carboxylic acids is 1. The minimum Gasteiger partial charge on any atom is -0.493 e. The van der Waals surface area contributed by atoms with Crippen LogP contribution in [-0.4, -0.2) is 28.6 Å². The van der Waals surface area contributed by atoms with Gasteiger partial charge in [-0.1, -0.05) is 25.1 Å². The van der Waals surface area contributed by atoms with Crippen molar-refractivity contribution < 1.29 is 19.4 Å². The van der Waals surface area contributed by atoms with Gasteiger partial charge in [0.05, 0.1) is 19.2 Å². The van der Waals surface area contributed by atoms with E-state index in [9.17, 15) is 9.59 Å². The van der Waals surface area contributed by atoms with Crippen molar-refractivity contribution >= 4 is 17.7 Å². The molecule has 0 amide bonds. The van der Waals surface area contributed by atoms with Crippen LogP contribution in [0.4, 0.5) is 5.82 Å². The summed E-state index contributed by atoms with van der Waals surface area (Å²) in [6, 6.07) is 13.4. The van der Waals surface area contributed by atoms with E-state index in [1.165, 1.54) is 6.20 Å². The fraction of sp³-hybridized carbons (Fsp3) is 0.333. The lowest BCUT2D eigenvalue weighted by atomic mass is 9.98. The lowest BCUT2D eigenvalue weighted by molar-refractivity contribution is -0.138. The van der Waals surface area contributed by atoms with Gasteiger partial charge in [0.15, 0.2) is 0 Å². The molecule has 6 nitrogen and oxygen atoms in total. The molecular formula is C21H22N2O4. The largest absolute Gasteiger partial charge is 0.493 e. The number of ether oxygens (including phenoxy) is 1. The summed E-state index contributed by atoms with van der Waals surface area (Å²) in [6.07, 6.45) is 2.93. The highest BCUT2D eigenvalue weighted by molar-refractivity contribution is 5.68. The fourth-order valence-electron chi connectivity index (χ4n) is 3.34. The maximum atomic E-state index is 10.9. The quantitative estimate of drug-likeness (QED) is 0.661. The first-order valence-corrected chi connectivity index (χ1v) is 8.86. The standard InChI is InChI=1S/C21H22N2O4/c1-21(14-20(25)26)13-18(21)15-5-7-17(8-6-15)27-12-9-16-3-2-4-19(23-16)22-10-11-24/h2-8,10,18H,9,12-14H2,1H3,(H,22,23)(H,25,26). The number of benzene rings is 1. The van der Waals surface area contributed by atoms with Crippen LogP contribution in [-0.2, 0) is 16.0 Å². The summed E-state index contributed by atoms with van der Waals surface area (Å²) in [6.45, 7) is 2.51. The second kappa shape index (κ2) is 8.06. The van der Waals surface area contributed by atoms with Crippen LogP contribution in [0, 0.1) is 5.41 Å². The summed E-state index contributed by atoms with van der Waals surface area (Å²) in [5.41, 5.74) is 1.89. The number of carbonyl (C=O) groups excluding carboxylic acids is 1. The lowest BCUT2D eigenvalue weighted by Crippen LogP contribution is -2.06. The van der Waals surface area contributed by atoms with Crippen LogP contribution in [0.15, 0.2) is 48.7 Å². The number of carbonyl (C=O) groups is 1. The topological polar surface area (TPSA) is 88.5 Å². The molecule has 0 spiro atoms. The van der Waals surface area contributed by atoms with E-state index in [1.54, 1.807) is 12.0 Å². The van der Waals surface area contributed by atoms with E-state index in [0.29, 0.717) is 24.8 Å². The average Bonchev–Trinajstić information content (AvgIpc) is 3.31. The highest BCUT2D eigenvalue weighted by atomic mass is 16.5. The molecule has 3 rings (SSSR count). The van der Waals surface area contributed by atoms with Gasteiger partial charge in [0.1, 0.15) is 17.5 Å². The molecule has 2 N–H and O–H groups in total.